The minimum Gasteiger partial charge on any atom is -0.303 e. The van der Waals surface area contributed by atoms with Crippen LogP contribution < -0.4 is 5.32 Å². The Morgan fingerprint density at radius 2 is 1.53 bits per heavy atom. The molecule has 0 aromatic heterocycles. The summed E-state index contributed by atoms with van der Waals surface area (Å²) < 4.78 is 0. The zero-order valence-corrected chi connectivity index (χ0v) is 13.7. The third-order valence-electron chi connectivity index (χ3n) is 3.08. The Morgan fingerprint density at radius 1 is 1.00 bits per heavy atom. The molecule has 112 valence electrons. The van der Waals surface area contributed by atoms with Gasteiger partial charge < -0.3 is 5.32 Å². The van der Waals surface area contributed by atoms with Gasteiger partial charge in [0.25, 0.3) is 0 Å². The van der Waals surface area contributed by atoms with E-state index in [1.807, 2.05) is 27.7 Å². The number of carbonyl (C=O) groups excluding carboxylic acids is 2. The summed E-state index contributed by atoms with van der Waals surface area (Å²) >= 11 is 0. The first kappa shape index (κ1) is 18.3. The molecule has 19 heavy (non-hydrogen) atoms. The van der Waals surface area contributed by atoms with Gasteiger partial charge in [-0.2, -0.15) is 0 Å². The number of ketones is 2. The van der Waals surface area contributed by atoms with E-state index in [2.05, 4.69) is 26.1 Å². The van der Waals surface area contributed by atoms with Crippen LogP contribution in [0, 0.1) is 11.8 Å². The molecular weight excluding hydrogens is 238 g/mol. The van der Waals surface area contributed by atoms with Crippen molar-refractivity contribution in [2.75, 3.05) is 0 Å². The number of Topliss-reactive ketones (excluding diaryl/α,β-unsaturated/α-hetero) is 2. The van der Waals surface area contributed by atoms with Crippen LogP contribution in [-0.4, -0.2) is 23.1 Å². The molecule has 0 unspecified atom stereocenters. The van der Waals surface area contributed by atoms with Crippen molar-refractivity contribution >= 4 is 11.6 Å². The highest BCUT2D eigenvalue weighted by Crippen LogP contribution is 2.13. The summed E-state index contributed by atoms with van der Waals surface area (Å²) in [7, 11) is 0. The maximum absolute atomic E-state index is 12.2. The molecule has 3 nitrogen and oxygen atoms in total. The molecule has 0 rings (SSSR count). The second kappa shape index (κ2) is 7.78. The molecule has 0 amide bonds. The van der Waals surface area contributed by atoms with Gasteiger partial charge in [0.2, 0.25) is 0 Å². The monoisotopic (exact) mass is 269 g/mol. The lowest BCUT2D eigenvalue weighted by Crippen LogP contribution is -2.49. The number of hydrogen-bond acceptors (Lipinski definition) is 3. The van der Waals surface area contributed by atoms with Crippen molar-refractivity contribution in [3.63, 3.8) is 0 Å². The van der Waals surface area contributed by atoms with Crippen LogP contribution >= 0.6 is 0 Å². The molecule has 1 atom stereocenters. The van der Waals surface area contributed by atoms with Crippen molar-refractivity contribution < 1.29 is 9.59 Å². The Balaban J connectivity index is 4.44. The van der Waals surface area contributed by atoms with Gasteiger partial charge in [0.05, 0.1) is 6.04 Å². The van der Waals surface area contributed by atoms with Crippen LogP contribution in [0.1, 0.15) is 67.7 Å². The topological polar surface area (TPSA) is 46.2 Å². The van der Waals surface area contributed by atoms with Crippen molar-refractivity contribution in [2.24, 2.45) is 11.8 Å². The van der Waals surface area contributed by atoms with E-state index < -0.39 is 0 Å². The number of nitrogens with one attached hydrogen (secondary N) is 1. The highest BCUT2D eigenvalue weighted by Gasteiger charge is 2.25. The van der Waals surface area contributed by atoms with E-state index in [9.17, 15) is 9.59 Å². The van der Waals surface area contributed by atoms with Crippen molar-refractivity contribution in [3.05, 3.63) is 0 Å². The molecule has 0 spiro atoms. The average Bonchev–Trinajstić information content (AvgIpc) is 2.24. The van der Waals surface area contributed by atoms with Gasteiger partial charge in [-0.25, -0.2) is 0 Å². The summed E-state index contributed by atoms with van der Waals surface area (Å²) in [4.78, 5) is 23.8. The Kier molecular flexibility index (Phi) is 7.50. The SMILES string of the molecule is CC(C)C(=O)CCC[C@@H](NC(C)(C)C)C(=O)C(C)C. The van der Waals surface area contributed by atoms with Gasteiger partial charge in [-0.15, -0.1) is 0 Å². The Bertz CT molecular complexity index is 300. The molecule has 0 saturated heterocycles. The zero-order valence-electron chi connectivity index (χ0n) is 13.7. The lowest BCUT2D eigenvalue weighted by Gasteiger charge is -2.29. The van der Waals surface area contributed by atoms with Crippen LogP contribution in [0.4, 0.5) is 0 Å². The van der Waals surface area contributed by atoms with Gasteiger partial charge in [-0.05, 0) is 33.6 Å². The molecule has 0 bridgehead atoms. The normalized spacial score (nSPS) is 13.9. The number of rotatable bonds is 8. The van der Waals surface area contributed by atoms with Crippen LogP contribution in [0.25, 0.3) is 0 Å². The van der Waals surface area contributed by atoms with Crippen LogP contribution in [0.5, 0.6) is 0 Å². The first-order chi connectivity index (χ1) is 8.54. The van der Waals surface area contributed by atoms with Gasteiger partial charge in [0, 0.05) is 23.8 Å². The molecule has 0 fully saturated rings. The smallest absolute Gasteiger partial charge is 0.152 e. The van der Waals surface area contributed by atoms with Crippen molar-refractivity contribution in [1.29, 1.82) is 0 Å². The molecule has 0 heterocycles. The predicted molar refractivity (Wildman–Crippen MR) is 80.2 cm³/mol. The van der Waals surface area contributed by atoms with Crippen molar-refractivity contribution in [3.8, 4) is 0 Å². The lowest BCUT2D eigenvalue weighted by atomic mass is 9.93. The minimum atomic E-state index is -0.139. The molecule has 1 N–H and O–H groups in total. The first-order valence-electron chi connectivity index (χ1n) is 7.38. The number of hydrogen-bond donors (Lipinski definition) is 1. The van der Waals surface area contributed by atoms with Crippen molar-refractivity contribution in [2.45, 2.75) is 79.3 Å². The molecule has 0 aliphatic rings. The Labute approximate surface area is 118 Å². The molecule has 0 aromatic carbocycles. The second-order valence-corrected chi connectivity index (χ2v) is 7.02. The molecule has 0 aliphatic heterocycles. The van der Waals surface area contributed by atoms with E-state index in [0.29, 0.717) is 6.42 Å². The van der Waals surface area contributed by atoms with E-state index in [0.717, 1.165) is 12.8 Å². The predicted octanol–water partition coefficient (Wildman–Crippen LogP) is 3.36. The zero-order chi connectivity index (χ0) is 15.2. The van der Waals surface area contributed by atoms with Gasteiger partial charge >= 0.3 is 0 Å². The maximum Gasteiger partial charge on any atom is 0.152 e. The quantitative estimate of drug-likeness (QED) is 0.735. The first-order valence-corrected chi connectivity index (χ1v) is 7.38. The van der Waals surface area contributed by atoms with Gasteiger partial charge in [-0.3, -0.25) is 9.59 Å². The fourth-order valence-corrected chi connectivity index (χ4v) is 1.98. The Hall–Kier alpha value is -0.700. The summed E-state index contributed by atoms with van der Waals surface area (Å²) in [6.45, 7) is 13.9. The van der Waals surface area contributed by atoms with Gasteiger partial charge in [0.1, 0.15) is 5.78 Å². The van der Waals surface area contributed by atoms with E-state index in [4.69, 9.17) is 0 Å². The van der Waals surface area contributed by atoms with Crippen LogP contribution in [0.15, 0.2) is 0 Å². The van der Waals surface area contributed by atoms with E-state index >= 15 is 0 Å². The van der Waals surface area contributed by atoms with Crippen molar-refractivity contribution in [1.82, 2.24) is 5.32 Å². The van der Waals surface area contributed by atoms with Gasteiger partial charge in [0.15, 0.2) is 5.78 Å². The third-order valence-corrected chi connectivity index (χ3v) is 3.08. The molecule has 0 aromatic rings. The van der Waals surface area contributed by atoms with E-state index in [-0.39, 0.29) is 35.0 Å². The number of carbonyl (C=O) groups is 2. The minimum absolute atomic E-state index is 0.0284. The Morgan fingerprint density at radius 3 is 1.89 bits per heavy atom. The van der Waals surface area contributed by atoms with E-state index in [1.54, 1.807) is 0 Å². The highest BCUT2D eigenvalue weighted by molar-refractivity contribution is 5.86. The lowest BCUT2D eigenvalue weighted by molar-refractivity contribution is -0.125. The molecule has 0 aliphatic carbocycles. The molecule has 0 radical (unpaired) electrons. The fourth-order valence-electron chi connectivity index (χ4n) is 1.98. The summed E-state index contributed by atoms with van der Waals surface area (Å²) in [5.41, 5.74) is -0.0860. The second-order valence-electron chi connectivity index (χ2n) is 7.02. The summed E-state index contributed by atoms with van der Waals surface area (Å²) in [6.07, 6.45) is 2.10. The highest BCUT2D eigenvalue weighted by atomic mass is 16.1. The van der Waals surface area contributed by atoms with Crippen LogP contribution in [0.2, 0.25) is 0 Å². The summed E-state index contributed by atoms with van der Waals surface area (Å²) in [5.74, 6) is 0.647. The van der Waals surface area contributed by atoms with Crippen LogP contribution in [-0.2, 0) is 9.59 Å². The maximum atomic E-state index is 12.2. The standard InChI is InChI=1S/C16H31NO2/c1-11(2)14(18)10-8-9-13(15(19)12(3)4)17-16(5,6)7/h11-13,17H,8-10H2,1-7H3/t13-/m1/s1. The third kappa shape index (κ3) is 8.14. The van der Waals surface area contributed by atoms with E-state index in [1.165, 1.54) is 0 Å². The molecule has 0 saturated carbocycles. The summed E-state index contributed by atoms with van der Waals surface area (Å²) in [6, 6.07) is -0.139. The molecular formula is C16H31NO2. The molecule has 3 heteroatoms. The van der Waals surface area contributed by atoms with Gasteiger partial charge in [-0.1, -0.05) is 27.7 Å². The largest absolute Gasteiger partial charge is 0.303 e. The summed E-state index contributed by atoms with van der Waals surface area (Å²) in [5, 5.41) is 3.38. The van der Waals surface area contributed by atoms with Crippen LogP contribution in [0.3, 0.4) is 0 Å². The fraction of sp³-hybridized carbons (Fsp3) is 0.875. The average molecular weight is 269 g/mol.